The Morgan fingerprint density at radius 2 is 1.47 bits per heavy atom. The molecule has 19 heavy (non-hydrogen) atoms. The van der Waals surface area contributed by atoms with Gasteiger partial charge in [0.15, 0.2) is 0 Å². The molecule has 0 aromatic carbocycles. The van der Waals surface area contributed by atoms with Crippen molar-refractivity contribution in [1.29, 1.82) is 0 Å². The molecule has 1 aliphatic carbocycles. The molecule has 1 N–H and O–H groups in total. The van der Waals surface area contributed by atoms with Crippen molar-refractivity contribution in [1.82, 2.24) is 5.32 Å². The molecule has 1 rings (SSSR count). The zero-order chi connectivity index (χ0) is 14.7. The number of hydrogen-bond donors (Lipinski definition) is 1. The Bertz CT molecular complexity index is 294. The highest BCUT2D eigenvalue weighted by Gasteiger charge is 2.58. The second-order valence-corrected chi connectivity index (χ2v) is 4.33. The lowest BCUT2D eigenvalue weighted by Crippen LogP contribution is -2.55. The second kappa shape index (κ2) is 5.87. The maximum absolute atomic E-state index is 12.2. The van der Waals surface area contributed by atoms with Gasteiger partial charge in [-0.05, 0) is 25.7 Å². The first-order valence-corrected chi connectivity index (χ1v) is 5.71. The normalized spacial score (nSPS) is 18.5. The zero-order valence-corrected chi connectivity index (χ0v) is 9.77. The highest BCUT2D eigenvalue weighted by Crippen LogP contribution is 2.33. The maximum atomic E-state index is 12.2. The van der Waals surface area contributed by atoms with E-state index in [0.29, 0.717) is 12.8 Å². The molecule has 112 valence electrons. The van der Waals surface area contributed by atoms with Gasteiger partial charge < -0.3 is 10.1 Å². The van der Waals surface area contributed by atoms with Crippen molar-refractivity contribution in [2.45, 2.75) is 56.6 Å². The lowest BCUT2D eigenvalue weighted by Gasteiger charge is -2.26. The number of hydrogen-bond acceptors (Lipinski definition) is 2. The second-order valence-electron chi connectivity index (χ2n) is 4.33. The number of alkyl carbamates (subject to hydrolysis) is 1. The summed E-state index contributed by atoms with van der Waals surface area (Å²) in [6, 6.07) is -3.91. The molecule has 0 aromatic heterocycles. The predicted octanol–water partition coefficient (Wildman–Crippen LogP) is 3.54. The van der Waals surface area contributed by atoms with Crippen molar-refractivity contribution < 1.29 is 35.9 Å². The van der Waals surface area contributed by atoms with E-state index in [4.69, 9.17) is 0 Å². The third kappa shape index (κ3) is 5.15. The fraction of sp³-hybridized carbons (Fsp3) is 0.900. The molecule has 1 fully saturated rings. The number of nitrogens with one attached hydrogen (secondary N) is 1. The lowest BCUT2D eigenvalue weighted by atomic mass is 9.98. The molecule has 1 aliphatic rings. The average Bonchev–Trinajstić information content (AvgIpc) is 2.24. The van der Waals surface area contributed by atoms with Crippen LogP contribution in [-0.4, -0.2) is 30.6 Å². The molecule has 3 nitrogen and oxygen atoms in total. The molecule has 1 amide bonds. The van der Waals surface area contributed by atoms with Crippen molar-refractivity contribution in [3.05, 3.63) is 0 Å². The van der Waals surface area contributed by atoms with Gasteiger partial charge in [-0.25, -0.2) is 4.79 Å². The Morgan fingerprint density at radius 3 is 1.89 bits per heavy atom. The van der Waals surface area contributed by atoms with Crippen LogP contribution in [0.15, 0.2) is 0 Å². The molecular weight excluding hydrogens is 280 g/mol. The molecule has 0 unspecified atom stereocenters. The van der Waals surface area contributed by atoms with Crippen molar-refractivity contribution in [2.75, 3.05) is 0 Å². The first-order chi connectivity index (χ1) is 8.60. The van der Waals surface area contributed by atoms with Crippen LogP contribution in [0.3, 0.4) is 0 Å². The van der Waals surface area contributed by atoms with Crippen LogP contribution in [0, 0.1) is 0 Å². The Labute approximate surface area is 105 Å². The molecular formula is C10H13F6NO2. The van der Waals surface area contributed by atoms with Crippen LogP contribution >= 0.6 is 0 Å². The summed E-state index contributed by atoms with van der Waals surface area (Å²) in [7, 11) is 0. The number of rotatable bonds is 2. The Hall–Kier alpha value is -1.15. The van der Waals surface area contributed by atoms with Crippen LogP contribution in [0.4, 0.5) is 31.1 Å². The summed E-state index contributed by atoms with van der Waals surface area (Å²) in [5.74, 6) is 0. The summed E-state index contributed by atoms with van der Waals surface area (Å²) in [5.41, 5.74) is 0. The quantitative estimate of drug-likeness (QED) is 0.791. The van der Waals surface area contributed by atoms with E-state index in [9.17, 15) is 31.1 Å². The van der Waals surface area contributed by atoms with E-state index in [-0.39, 0.29) is 0 Å². The zero-order valence-electron chi connectivity index (χ0n) is 9.77. The molecule has 0 atom stereocenters. The summed E-state index contributed by atoms with van der Waals surface area (Å²) in [6.07, 6.45) is -10.2. The summed E-state index contributed by atoms with van der Waals surface area (Å²) in [4.78, 5) is 11.1. The number of ether oxygens (including phenoxy) is 1. The number of carbonyl (C=O) groups is 1. The molecule has 9 heteroatoms. The largest absolute Gasteiger partial charge is 0.446 e. The van der Waals surface area contributed by atoms with Crippen LogP contribution in [0.5, 0.6) is 0 Å². The fourth-order valence-electron chi connectivity index (χ4n) is 1.84. The van der Waals surface area contributed by atoms with E-state index >= 15 is 0 Å². The summed E-state index contributed by atoms with van der Waals surface area (Å²) >= 11 is 0. The topological polar surface area (TPSA) is 38.3 Å². The Morgan fingerprint density at radius 1 is 1.00 bits per heavy atom. The van der Waals surface area contributed by atoms with Crippen LogP contribution in [0.2, 0.25) is 0 Å². The van der Waals surface area contributed by atoms with Crippen molar-refractivity contribution in [3.63, 3.8) is 0 Å². The minimum absolute atomic E-state index is 0.454. The van der Waals surface area contributed by atoms with Crippen molar-refractivity contribution in [3.8, 4) is 0 Å². The third-order valence-electron chi connectivity index (χ3n) is 2.74. The average molecular weight is 293 g/mol. The molecule has 0 bridgehead atoms. The summed E-state index contributed by atoms with van der Waals surface area (Å²) in [6.45, 7) is 0. The Balaban J connectivity index is 2.56. The summed E-state index contributed by atoms with van der Waals surface area (Å²) in [5, 5.41) is 0.833. The third-order valence-corrected chi connectivity index (χ3v) is 2.74. The molecule has 0 saturated heterocycles. The van der Waals surface area contributed by atoms with E-state index in [1.54, 1.807) is 0 Å². The van der Waals surface area contributed by atoms with Crippen LogP contribution in [0.1, 0.15) is 32.1 Å². The van der Waals surface area contributed by atoms with Crippen LogP contribution in [0.25, 0.3) is 0 Å². The van der Waals surface area contributed by atoms with E-state index < -0.39 is 30.6 Å². The van der Waals surface area contributed by atoms with Crippen LogP contribution in [-0.2, 0) is 4.74 Å². The number of halogens is 6. The van der Waals surface area contributed by atoms with E-state index in [1.165, 1.54) is 0 Å². The van der Waals surface area contributed by atoms with Gasteiger partial charge in [0, 0.05) is 0 Å². The summed E-state index contributed by atoms with van der Waals surface area (Å²) < 4.78 is 77.5. The van der Waals surface area contributed by atoms with Gasteiger partial charge in [-0.2, -0.15) is 26.3 Å². The Kier molecular flexibility index (Phi) is 4.92. The number of amides is 1. The number of carbonyl (C=O) groups excluding carboxylic acids is 1. The molecule has 0 aromatic rings. The first-order valence-electron chi connectivity index (χ1n) is 5.71. The minimum atomic E-state index is -5.61. The first kappa shape index (κ1) is 15.9. The van der Waals surface area contributed by atoms with Gasteiger partial charge >= 0.3 is 18.4 Å². The van der Waals surface area contributed by atoms with Gasteiger partial charge in [0.05, 0.1) is 0 Å². The lowest BCUT2D eigenvalue weighted by molar-refractivity contribution is -0.256. The molecule has 0 radical (unpaired) electrons. The van der Waals surface area contributed by atoms with Gasteiger partial charge in [0.1, 0.15) is 6.10 Å². The van der Waals surface area contributed by atoms with Gasteiger partial charge in [-0.15, -0.1) is 0 Å². The van der Waals surface area contributed by atoms with Crippen molar-refractivity contribution >= 4 is 6.09 Å². The van der Waals surface area contributed by atoms with E-state index in [2.05, 4.69) is 4.74 Å². The number of alkyl halides is 6. The SMILES string of the molecule is O=C(NC(C(F)(F)F)C(F)(F)F)OC1CCCCC1. The van der Waals surface area contributed by atoms with Crippen molar-refractivity contribution in [2.24, 2.45) is 0 Å². The molecule has 1 saturated carbocycles. The van der Waals surface area contributed by atoms with Gasteiger partial charge in [-0.1, -0.05) is 6.42 Å². The highest BCUT2D eigenvalue weighted by molar-refractivity contribution is 5.68. The van der Waals surface area contributed by atoms with Gasteiger partial charge in [-0.3, -0.25) is 0 Å². The smallest absolute Gasteiger partial charge is 0.417 e. The standard InChI is InChI=1S/C10H13F6NO2/c11-9(12,13)7(10(14,15)16)17-8(18)19-6-4-2-1-3-5-6/h6-7H,1-5H2,(H,17,18). The molecule has 0 spiro atoms. The minimum Gasteiger partial charge on any atom is -0.446 e. The highest BCUT2D eigenvalue weighted by atomic mass is 19.4. The monoisotopic (exact) mass is 293 g/mol. The molecule has 0 heterocycles. The fourth-order valence-corrected chi connectivity index (χ4v) is 1.84. The van der Waals surface area contributed by atoms with E-state index in [0.717, 1.165) is 24.6 Å². The van der Waals surface area contributed by atoms with Gasteiger partial charge in [0.2, 0.25) is 6.04 Å². The van der Waals surface area contributed by atoms with Gasteiger partial charge in [0.25, 0.3) is 0 Å². The maximum Gasteiger partial charge on any atom is 0.417 e. The van der Waals surface area contributed by atoms with E-state index in [1.807, 2.05) is 0 Å². The molecule has 0 aliphatic heterocycles. The van der Waals surface area contributed by atoms with Crippen LogP contribution < -0.4 is 5.32 Å². The predicted molar refractivity (Wildman–Crippen MR) is 52.4 cm³/mol.